The van der Waals surface area contributed by atoms with Crippen molar-refractivity contribution in [2.45, 2.75) is 13.8 Å². The highest BCUT2D eigenvalue weighted by atomic mass is 16.3. The lowest BCUT2D eigenvalue weighted by Gasteiger charge is -2.19. The predicted octanol–water partition coefficient (Wildman–Crippen LogP) is 16.8. The van der Waals surface area contributed by atoms with Gasteiger partial charge in [0.25, 0.3) is 0 Å². The summed E-state index contributed by atoms with van der Waals surface area (Å²) in [4.78, 5) is 19.7. The highest BCUT2D eigenvalue weighted by Crippen LogP contribution is 2.43. The summed E-state index contributed by atoms with van der Waals surface area (Å²) in [6, 6.07) is 72.6. The zero-order chi connectivity index (χ0) is 46.3. The molecule has 0 unspecified atom stereocenters. The molecule has 0 fully saturated rings. The number of aryl methyl sites for hydroxylation is 2. The van der Waals surface area contributed by atoms with E-state index in [1.165, 1.54) is 0 Å². The largest absolute Gasteiger partial charge is 0.438 e. The van der Waals surface area contributed by atoms with E-state index in [0.29, 0.717) is 5.71 Å². The SMILES string of the molecule is Cc1cc(-c2ccccc2)ncc1-c1ccccc1-c1cc(-c2ccccc2-c2ccc(-c3cnc4oc5ccccc5c4c3)nc2)cc(-c2ccccc2-c2cnc(-c3ccccc3)cc2C)c1. The summed E-state index contributed by atoms with van der Waals surface area (Å²) in [5, 5.41) is 2.02. The van der Waals surface area contributed by atoms with Crippen molar-refractivity contribution in [2.24, 2.45) is 0 Å². The van der Waals surface area contributed by atoms with Gasteiger partial charge in [-0.2, -0.15) is 0 Å². The minimum Gasteiger partial charge on any atom is -0.438 e. The van der Waals surface area contributed by atoms with Crippen LogP contribution in [0, 0.1) is 13.8 Å². The van der Waals surface area contributed by atoms with E-state index in [1.807, 2.05) is 55.1 Å². The Morgan fingerprint density at radius 2 is 0.710 bits per heavy atom. The van der Waals surface area contributed by atoms with Crippen LogP contribution >= 0.6 is 0 Å². The van der Waals surface area contributed by atoms with Gasteiger partial charge < -0.3 is 4.42 Å². The van der Waals surface area contributed by atoms with Crippen molar-refractivity contribution in [3.8, 4) is 101 Å². The third kappa shape index (κ3) is 7.86. The Morgan fingerprint density at radius 3 is 1.22 bits per heavy atom. The van der Waals surface area contributed by atoms with E-state index in [2.05, 4.69) is 195 Å². The van der Waals surface area contributed by atoms with Gasteiger partial charge in [0, 0.05) is 68.9 Å². The maximum Gasteiger partial charge on any atom is 0.227 e. The molecule has 0 aliphatic rings. The quantitative estimate of drug-likeness (QED) is 0.144. The van der Waals surface area contributed by atoms with E-state index in [4.69, 9.17) is 19.4 Å². The van der Waals surface area contributed by atoms with Crippen LogP contribution < -0.4 is 0 Å². The first-order valence-electron chi connectivity index (χ1n) is 23.2. The van der Waals surface area contributed by atoms with Crippen LogP contribution in [-0.2, 0) is 0 Å². The number of pyridine rings is 4. The fourth-order valence-corrected chi connectivity index (χ4v) is 9.70. The highest BCUT2D eigenvalue weighted by Gasteiger charge is 2.19. The summed E-state index contributed by atoms with van der Waals surface area (Å²) < 4.78 is 6.02. The smallest absolute Gasteiger partial charge is 0.227 e. The molecule has 7 aromatic carbocycles. The van der Waals surface area contributed by atoms with Crippen LogP contribution in [0.1, 0.15) is 11.1 Å². The lowest BCUT2D eigenvalue weighted by Crippen LogP contribution is -1.95. The minimum absolute atomic E-state index is 0.623. The molecule has 12 rings (SSSR count). The van der Waals surface area contributed by atoms with E-state index in [-0.39, 0.29) is 0 Å². The third-order valence-corrected chi connectivity index (χ3v) is 13.2. The number of benzene rings is 7. The van der Waals surface area contributed by atoms with E-state index in [9.17, 15) is 0 Å². The van der Waals surface area contributed by atoms with Crippen molar-refractivity contribution >= 4 is 22.1 Å². The van der Waals surface area contributed by atoms with E-state index in [0.717, 1.165) is 128 Å². The van der Waals surface area contributed by atoms with Crippen LogP contribution in [0.4, 0.5) is 0 Å². The first-order valence-corrected chi connectivity index (χ1v) is 23.2. The number of hydrogen-bond acceptors (Lipinski definition) is 5. The number of hydrogen-bond donors (Lipinski definition) is 0. The van der Waals surface area contributed by atoms with Crippen molar-refractivity contribution in [3.05, 3.63) is 242 Å². The van der Waals surface area contributed by atoms with Gasteiger partial charge in [-0.05, 0) is 124 Å². The fraction of sp³-hybridized carbons (Fsp3) is 0.0312. The molecule has 5 aromatic heterocycles. The van der Waals surface area contributed by atoms with Gasteiger partial charge >= 0.3 is 0 Å². The summed E-state index contributed by atoms with van der Waals surface area (Å²) in [5.74, 6) is 0. The standard InChI is InChI=1S/C64H44N4O/c1-41-31-61(43-17-5-3-6-18-43)66-39-58(41)54-25-13-11-23-52(54)47-33-46(34-48(35-47)53-24-12-14-26-55(53)59-40-67-62(32-42(59)2)44-19-7-4-8-20-44)51-22-10-9-21-50(51)45-29-30-60(65-37-45)49-36-57-56-27-15-16-28-63(56)69-64(57)68-38-49/h3-40H,1-2H3. The number of fused-ring (bicyclic) bond motifs is 3. The maximum absolute atomic E-state index is 6.02. The van der Waals surface area contributed by atoms with E-state index in [1.54, 1.807) is 0 Å². The van der Waals surface area contributed by atoms with Gasteiger partial charge in [-0.3, -0.25) is 15.0 Å². The molecule has 12 aromatic rings. The highest BCUT2D eigenvalue weighted by molar-refractivity contribution is 6.04. The maximum atomic E-state index is 6.02. The molecule has 0 N–H and O–H groups in total. The first-order chi connectivity index (χ1) is 34.0. The Kier molecular flexibility index (Phi) is 10.6. The summed E-state index contributed by atoms with van der Waals surface area (Å²) >= 11 is 0. The van der Waals surface area contributed by atoms with Crippen molar-refractivity contribution in [2.75, 3.05) is 0 Å². The molecule has 5 nitrogen and oxygen atoms in total. The second kappa shape index (κ2) is 17.6. The van der Waals surface area contributed by atoms with E-state index >= 15 is 0 Å². The summed E-state index contributed by atoms with van der Waals surface area (Å²) in [6.07, 6.45) is 7.88. The normalized spacial score (nSPS) is 11.3. The summed E-state index contributed by atoms with van der Waals surface area (Å²) in [7, 11) is 0. The topological polar surface area (TPSA) is 64.7 Å². The van der Waals surface area contributed by atoms with Gasteiger partial charge in [0.1, 0.15) is 5.58 Å². The molecule has 0 radical (unpaired) electrons. The lowest BCUT2D eigenvalue weighted by molar-refractivity contribution is 0.654. The Hall–Kier alpha value is -9.06. The van der Waals surface area contributed by atoms with Crippen LogP contribution in [0.2, 0.25) is 0 Å². The average Bonchev–Trinajstić information content (AvgIpc) is 3.79. The Balaban J connectivity index is 0.995. The zero-order valence-electron chi connectivity index (χ0n) is 38.1. The Bertz CT molecular complexity index is 3710. The van der Waals surface area contributed by atoms with Crippen LogP contribution in [0.3, 0.4) is 0 Å². The van der Waals surface area contributed by atoms with Gasteiger partial charge in [-0.25, -0.2) is 4.98 Å². The average molecular weight is 885 g/mol. The zero-order valence-corrected chi connectivity index (χ0v) is 38.1. The molecule has 5 heteroatoms. The van der Waals surface area contributed by atoms with Crippen molar-refractivity contribution in [1.29, 1.82) is 0 Å². The molecule has 0 aliphatic carbocycles. The molecule has 0 saturated heterocycles. The van der Waals surface area contributed by atoms with Crippen LogP contribution in [0.15, 0.2) is 235 Å². The van der Waals surface area contributed by atoms with E-state index < -0.39 is 0 Å². The summed E-state index contributed by atoms with van der Waals surface area (Å²) in [6.45, 7) is 4.36. The molecule has 0 atom stereocenters. The van der Waals surface area contributed by atoms with Gasteiger partial charge in [0.05, 0.1) is 17.1 Å². The van der Waals surface area contributed by atoms with Crippen molar-refractivity contribution < 1.29 is 4.42 Å². The number of furan rings is 1. The Morgan fingerprint density at radius 1 is 0.275 bits per heavy atom. The third-order valence-electron chi connectivity index (χ3n) is 13.2. The number of nitrogens with zero attached hydrogens (tertiary/aromatic N) is 4. The fourth-order valence-electron chi connectivity index (χ4n) is 9.70. The van der Waals surface area contributed by atoms with Crippen LogP contribution in [0.5, 0.6) is 0 Å². The predicted molar refractivity (Wildman–Crippen MR) is 283 cm³/mol. The molecular weight excluding hydrogens is 841 g/mol. The molecule has 0 spiro atoms. The van der Waals surface area contributed by atoms with Gasteiger partial charge in [-0.15, -0.1) is 0 Å². The van der Waals surface area contributed by atoms with Gasteiger partial charge in [0.15, 0.2) is 0 Å². The van der Waals surface area contributed by atoms with Gasteiger partial charge in [-0.1, -0.05) is 158 Å². The monoisotopic (exact) mass is 884 g/mol. The molecule has 0 bridgehead atoms. The van der Waals surface area contributed by atoms with Crippen LogP contribution in [0.25, 0.3) is 123 Å². The number of aromatic nitrogens is 4. The van der Waals surface area contributed by atoms with Gasteiger partial charge in [0.2, 0.25) is 5.71 Å². The molecular formula is C64H44N4O. The summed E-state index contributed by atoms with van der Waals surface area (Å²) in [5.41, 5.74) is 22.9. The van der Waals surface area contributed by atoms with Crippen molar-refractivity contribution in [3.63, 3.8) is 0 Å². The molecule has 69 heavy (non-hydrogen) atoms. The first kappa shape index (κ1) is 41.4. The van der Waals surface area contributed by atoms with Crippen LogP contribution in [-0.4, -0.2) is 19.9 Å². The Labute approximate surface area is 401 Å². The molecule has 0 aliphatic heterocycles. The lowest BCUT2D eigenvalue weighted by atomic mass is 9.86. The number of rotatable bonds is 9. The second-order valence-electron chi connectivity index (χ2n) is 17.5. The molecule has 0 amide bonds. The molecule has 5 heterocycles. The molecule has 326 valence electrons. The number of para-hydroxylation sites is 1. The molecule has 0 saturated carbocycles. The van der Waals surface area contributed by atoms with Crippen molar-refractivity contribution in [1.82, 2.24) is 19.9 Å². The second-order valence-corrected chi connectivity index (χ2v) is 17.5. The minimum atomic E-state index is 0.623.